The Bertz CT molecular complexity index is 673. The molecular formula is C18H30BN3O4. The summed E-state index contributed by atoms with van der Waals surface area (Å²) in [5.41, 5.74) is 0.0511. The average Bonchev–Trinajstić information content (AvgIpc) is 2.93. The third kappa shape index (κ3) is 5.11. The minimum Gasteiger partial charge on any atom is -0.444 e. The molecule has 2 rings (SSSR count). The Kier molecular flexibility index (Phi) is 5.59. The fourth-order valence-corrected chi connectivity index (χ4v) is 2.39. The molecule has 0 bridgehead atoms. The van der Waals surface area contributed by atoms with Crippen LogP contribution in [0.5, 0.6) is 0 Å². The van der Waals surface area contributed by atoms with Gasteiger partial charge in [-0.25, -0.2) is 4.79 Å². The van der Waals surface area contributed by atoms with Gasteiger partial charge in [-0.1, -0.05) is 0 Å². The van der Waals surface area contributed by atoms with Crippen LogP contribution in [0, 0.1) is 0 Å². The molecule has 1 amide bonds. The van der Waals surface area contributed by atoms with Crippen LogP contribution in [0.4, 0.5) is 4.79 Å². The second-order valence-corrected chi connectivity index (χ2v) is 8.58. The number of amides is 1. The molecule has 1 saturated heterocycles. The highest BCUT2D eigenvalue weighted by molar-refractivity contribution is 6.56. The van der Waals surface area contributed by atoms with Crippen LogP contribution in [-0.2, 0) is 21.1 Å². The number of rotatable bonds is 4. The van der Waals surface area contributed by atoms with E-state index in [9.17, 15) is 4.79 Å². The van der Waals surface area contributed by atoms with E-state index in [1.165, 1.54) is 0 Å². The Morgan fingerprint density at radius 3 is 2.35 bits per heavy atom. The Labute approximate surface area is 156 Å². The zero-order valence-electron chi connectivity index (χ0n) is 17.0. The number of alkyl carbamates (subject to hydrolysis) is 1. The second-order valence-electron chi connectivity index (χ2n) is 8.58. The summed E-state index contributed by atoms with van der Waals surface area (Å²) in [5.74, 6) is 0. The van der Waals surface area contributed by atoms with Crippen molar-refractivity contribution in [3.05, 3.63) is 23.4 Å². The molecule has 26 heavy (non-hydrogen) atoms. The average molecular weight is 363 g/mol. The first kappa shape index (κ1) is 20.5. The molecule has 1 aliphatic heterocycles. The van der Waals surface area contributed by atoms with Gasteiger partial charge in [0.15, 0.2) is 0 Å². The molecule has 1 aromatic rings. The maximum Gasteiger partial charge on any atom is 0.492 e. The van der Waals surface area contributed by atoms with Gasteiger partial charge in [0.05, 0.1) is 16.9 Å². The molecule has 1 fully saturated rings. The molecule has 1 aromatic heterocycles. The first-order chi connectivity index (χ1) is 11.8. The van der Waals surface area contributed by atoms with E-state index in [0.717, 1.165) is 11.2 Å². The third-order valence-electron chi connectivity index (χ3n) is 4.46. The topological polar surface area (TPSA) is 74.6 Å². The minimum atomic E-state index is -0.572. The van der Waals surface area contributed by atoms with Crippen LogP contribution in [0.15, 0.2) is 17.7 Å². The van der Waals surface area contributed by atoms with E-state index >= 15 is 0 Å². The van der Waals surface area contributed by atoms with Crippen molar-refractivity contribution in [1.82, 2.24) is 15.1 Å². The summed E-state index contributed by atoms with van der Waals surface area (Å²) in [6.07, 6.45) is 3.25. The molecule has 1 N–H and O–H groups in total. The maximum absolute atomic E-state index is 12.0. The van der Waals surface area contributed by atoms with Crippen LogP contribution in [0.1, 0.15) is 54.2 Å². The molecule has 144 valence electrons. The van der Waals surface area contributed by atoms with Crippen molar-refractivity contribution in [3.63, 3.8) is 0 Å². The van der Waals surface area contributed by atoms with Gasteiger partial charge in [-0.2, -0.15) is 5.10 Å². The SMILES string of the molecule is Cn1ccc(C=C(CNC(=O)OC(C)(C)C)B2OC(C)(C)C(C)(C)O2)n1. The summed E-state index contributed by atoms with van der Waals surface area (Å²) >= 11 is 0. The molecule has 0 aliphatic carbocycles. The van der Waals surface area contributed by atoms with Gasteiger partial charge in [-0.15, -0.1) is 0 Å². The fourth-order valence-electron chi connectivity index (χ4n) is 2.39. The van der Waals surface area contributed by atoms with E-state index in [2.05, 4.69) is 10.4 Å². The summed E-state index contributed by atoms with van der Waals surface area (Å²) in [5, 5.41) is 7.14. The van der Waals surface area contributed by atoms with Gasteiger partial charge in [0.1, 0.15) is 5.60 Å². The van der Waals surface area contributed by atoms with Gasteiger partial charge in [0, 0.05) is 19.8 Å². The van der Waals surface area contributed by atoms with E-state index in [-0.39, 0.29) is 6.54 Å². The number of hydrogen-bond acceptors (Lipinski definition) is 5. The number of aryl methyl sites for hydroxylation is 1. The van der Waals surface area contributed by atoms with Crippen LogP contribution in [0.25, 0.3) is 6.08 Å². The van der Waals surface area contributed by atoms with Crippen LogP contribution in [-0.4, -0.2) is 46.3 Å². The maximum atomic E-state index is 12.0. The van der Waals surface area contributed by atoms with Gasteiger partial charge in [0.2, 0.25) is 0 Å². The number of ether oxygens (including phenoxy) is 1. The van der Waals surface area contributed by atoms with E-state index in [1.807, 2.05) is 73.9 Å². The van der Waals surface area contributed by atoms with Crippen LogP contribution in [0.2, 0.25) is 0 Å². The van der Waals surface area contributed by atoms with Crippen LogP contribution >= 0.6 is 0 Å². The molecule has 0 radical (unpaired) electrons. The largest absolute Gasteiger partial charge is 0.492 e. The van der Waals surface area contributed by atoms with E-state index < -0.39 is 30.0 Å². The Balaban J connectivity index is 2.18. The molecule has 7 nitrogen and oxygen atoms in total. The van der Waals surface area contributed by atoms with E-state index in [0.29, 0.717) is 0 Å². The molecule has 0 saturated carbocycles. The smallest absolute Gasteiger partial charge is 0.444 e. The number of carbonyl (C=O) groups is 1. The molecule has 1 aliphatic rings. The van der Waals surface area contributed by atoms with Crippen molar-refractivity contribution in [1.29, 1.82) is 0 Å². The zero-order chi connectivity index (χ0) is 19.8. The van der Waals surface area contributed by atoms with Crippen LogP contribution < -0.4 is 5.32 Å². The first-order valence-corrected chi connectivity index (χ1v) is 8.82. The predicted octanol–water partition coefficient (Wildman–Crippen LogP) is 2.96. The lowest BCUT2D eigenvalue weighted by Gasteiger charge is -2.32. The molecule has 0 spiro atoms. The van der Waals surface area contributed by atoms with Crippen molar-refractivity contribution in [3.8, 4) is 0 Å². The summed E-state index contributed by atoms with van der Waals surface area (Å²) in [6, 6.07) is 1.89. The van der Waals surface area contributed by atoms with Crippen LogP contribution in [0.3, 0.4) is 0 Å². The molecule has 2 heterocycles. The molecule has 8 heteroatoms. The number of nitrogens with zero attached hydrogens (tertiary/aromatic N) is 2. The summed E-state index contributed by atoms with van der Waals surface area (Å²) in [4.78, 5) is 12.0. The van der Waals surface area contributed by atoms with Crippen molar-refractivity contribution in [2.24, 2.45) is 7.05 Å². The molecule has 0 aromatic carbocycles. The third-order valence-corrected chi connectivity index (χ3v) is 4.46. The van der Waals surface area contributed by atoms with Gasteiger partial charge < -0.3 is 19.4 Å². The summed E-state index contributed by atoms with van der Waals surface area (Å²) in [6.45, 7) is 13.7. The quantitative estimate of drug-likeness (QED) is 0.833. The molecule has 0 unspecified atom stereocenters. The van der Waals surface area contributed by atoms with Crippen molar-refractivity contribution >= 4 is 19.3 Å². The van der Waals surface area contributed by atoms with Gasteiger partial charge in [0.25, 0.3) is 0 Å². The Morgan fingerprint density at radius 1 is 1.31 bits per heavy atom. The van der Waals surface area contributed by atoms with Crippen molar-refractivity contribution in [2.75, 3.05) is 6.54 Å². The fraction of sp³-hybridized carbons (Fsp3) is 0.667. The minimum absolute atomic E-state index is 0.238. The highest BCUT2D eigenvalue weighted by Gasteiger charge is 2.52. The highest BCUT2D eigenvalue weighted by atomic mass is 16.7. The lowest BCUT2D eigenvalue weighted by molar-refractivity contribution is 0.00578. The van der Waals surface area contributed by atoms with Crippen molar-refractivity contribution in [2.45, 2.75) is 65.3 Å². The Morgan fingerprint density at radius 2 is 1.88 bits per heavy atom. The second kappa shape index (κ2) is 7.08. The van der Waals surface area contributed by atoms with Gasteiger partial charge in [-0.05, 0) is 66.1 Å². The van der Waals surface area contributed by atoms with E-state index in [1.54, 1.807) is 4.68 Å². The number of hydrogen-bond donors (Lipinski definition) is 1. The van der Waals surface area contributed by atoms with Crippen molar-refractivity contribution < 1.29 is 18.8 Å². The number of aromatic nitrogens is 2. The standard InChI is InChI=1S/C18H30BN3O4/c1-16(2,3)24-15(23)20-12-13(11-14-9-10-22(8)21-14)19-25-17(4,5)18(6,7)26-19/h9-11H,12H2,1-8H3,(H,20,23). The lowest BCUT2D eigenvalue weighted by Crippen LogP contribution is -2.41. The lowest BCUT2D eigenvalue weighted by atomic mass is 9.77. The normalized spacial score (nSPS) is 19.5. The highest BCUT2D eigenvalue weighted by Crippen LogP contribution is 2.38. The Hall–Kier alpha value is -1.80. The summed E-state index contributed by atoms with van der Waals surface area (Å²) in [7, 11) is 1.28. The van der Waals surface area contributed by atoms with Gasteiger partial charge >= 0.3 is 13.2 Å². The monoisotopic (exact) mass is 363 g/mol. The van der Waals surface area contributed by atoms with Gasteiger partial charge in [-0.3, -0.25) is 4.68 Å². The van der Waals surface area contributed by atoms with E-state index in [4.69, 9.17) is 14.0 Å². The number of nitrogens with one attached hydrogen (secondary N) is 1. The number of carbonyl (C=O) groups excluding carboxylic acids is 1. The molecule has 0 atom stereocenters. The summed E-state index contributed by atoms with van der Waals surface area (Å²) < 4.78 is 19.3. The zero-order valence-corrected chi connectivity index (χ0v) is 17.0. The predicted molar refractivity (Wildman–Crippen MR) is 102 cm³/mol. The molecular weight excluding hydrogens is 333 g/mol. The first-order valence-electron chi connectivity index (χ1n) is 8.82.